The van der Waals surface area contributed by atoms with Gasteiger partial charge in [-0.2, -0.15) is 0 Å². The lowest BCUT2D eigenvalue weighted by Crippen LogP contribution is -2.57. The van der Waals surface area contributed by atoms with Crippen molar-refractivity contribution in [3.05, 3.63) is 89.0 Å². The lowest BCUT2D eigenvalue weighted by atomic mass is 9.59. The number of fused-ring (bicyclic) bond motifs is 7. The number of nitrogens with one attached hydrogen (secondary N) is 1. The van der Waals surface area contributed by atoms with Gasteiger partial charge in [0.25, 0.3) is 0 Å². The SMILES string of the molecule is CCCCCC(=O)Oc1ccc2c(c1)[C@@]1(C)CCCCC[C@@H](C2)[C@@H]1NC(=O)OCC1c2ccccc2-c2ccccc21. The highest BCUT2D eigenvalue weighted by molar-refractivity contribution is 5.79. The van der Waals surface area contributed by atoms with Gasteiger partial charge in [-0.05, 0) is 77.1 Å². The van der Waals surface area contributed by atoms with Gasteiger partial charge in [0.2, 0.25) is 0 Å². The number of unbranched alkanes of at least 4 members (excludes halogenated alkanes) is 2. The van der Waals surface area contributed by atoms with Crippen LogP contribution < -0.4 is 10.1 Å². The van der Waals surface area contributed by atoms with Gasteiger partial charge in [0.15, 0.2) is 0 Å². The van der Waals surface area contributed by atoms with Gasteiger partial charge in [-0.25, -0.2) is 4.79 Å². The Morgan fingerprint density at radius 3 is 2.40 bits per heavy atom. The summed E-state index contributed by atoms with van der Waals surface area (Å²) >= 11 is 0. The van der Waals surface area contributed by atoms with Gasteiger partial charge < -0.3 is 14.8 Å². The molecule has 5 heteroatoms. The van der Waals surface area contributed by atoms with E-state index >= 15 is 0 Å². The summed E-state index contributed by atoms with van der Waals surface area (Å²) < 4.78 is 11.8. The molecule has 3 atom stereocenters. The summed E-state index contributed by atoms with van der Waals surface area (Å²) in [7, 11) is 0. The van der Waals surface area contributed by atoms with Gasteiger partial charge in [-0.1, -0.05) is 101 Å². The zero-order valence-electron chi connectivity index (χ0n) is 25.0. The van der Waals surface area contributed by atoms with Crippen LogP contribution in [0.5, 0.6) is 5.75 Å². The Morgan fingerprint density at radius 2 is 1.67 bits per heavy atom. The van der Waals surface area contributed by atoms with Gasteiger partial charge in [0, 0.05) is 23.8 Å². The van der Waals surface area contributed by atoms with E-state index in [0.29, 0.717) is 24.7 Å². The second-order valence-electron chi connectivity index (χ2n) is 12.7. The third-order valence-electron chi connectivity index (χ3n) is 9.94. The van der Waals surface area contributed by atoms with Crippen molar-refractivity contribution in [2.45, 2.75) is 95.4 Å². The van der Waals surface area contributed by atoms with Crippen LogP contribution in [-0.4, -0.2) is 24.7 Å². The minimum Gasteiger partial charge on any atom is -0.449 e. The maximum absolute atomic E-state index is 13.5. The van der Waals surface area contributed by atoms with E-state index in [1.54, 1.807) is 0 Å². The first kappa shape index (κ1) is 28.5. The molecule has 0 saturated heterocycles. The molecule has 0 aromatic heterocycles. The lowest BCUT2D eigenvalue weighted by Gasteiger charge is -2.49. The van der Waals surface area contributed by atoms with Gasteiger partial charge >= 0.3 is 12.1 Å². The molecule has 0 spiro atoms. The summed E-state index contributed by atoms with van der Waals surface area (Å²) in [6.45, 7) is 4.72. The average Bonchev–Trinajstić information content (AvgIpc) is 3.31. The van der Waals surface area contributed by atoms with Gasteiger partial charge in [0.1, 0.15) is 12.4 Å². The third kappa shape index (κ3) is 5.58. The topological polar surface area (TPSA) is 64.6 Å². The molecular formula is C37H43NO4. The van der Waals surface area contributed by atoms with E-state index in [2.05, 4.69) is 79.8 Å². The van der Waals surface area contributed by atoms with Crippen molar-refractivity contribution in [2.24, 2.45) is 5.92 Å². The highest BCUT2D eigenvalue weighted by atomic mass is 16.5. The van der Waals surface area contributed by atoms with Crippen LogP contribution in [0.4, 0.5) is 4.79 Å². The summed E-state index contributed by atoms with van der Waals surface area (Å²) in [6, 6.07) is 22.9. The van der Waals surface area contributed by atoms with Crippen LogP contribution in [0, 0.1) is 5.92 Å². The Kier molecular flexibility index (Phi) is 8.37. The summed E-state index contributed by atoms with van der Waals surface area (Å²) in [4.78, 5) is 26.0. The molecule has 3 aromatic carbocycles. The van der Waals surface area contributed by atoms with Crippen LogP contribution >= 0.6 is 0 Å². The minimum atomic E-state index is -0.347. The fourth-order valence-electron chi connectivity index (χ4n) is 7.80. The maximum Gasteiger partial charge on any atom is 0.407 e. The number of hydrogen-bond acceptors (Lipinski definition) is 4. The summed E-state index contributed by atoms with van der Waals surface area (Å²) in [5.41, 5.74) is 7.11. The highest BCUT2D eigenvalue weighted by Gasteiger charge is 2.47. The van der Waals surface area contributed by atoms with Crippen molar-refractivity contribution in [3.8, 4) is 16.9 Å². The third-order valence-corrected chi connectivity index (χ3v) is 9.94. The number of rotatable bonds is 8. The number of ether oxygens (including phenoxy) is 2. The molecule has 0 unspecified atom stereocenters. The monoisotopic (exact) mass is 565 g/mol. The molecule has 220 valence electrons. The number of hydrogen-bond donors (Lipinski definition) is 1. The Hall–Kier alpha value is -3.60. The second kappa shape index (κ2) is 12.3. The van der Waals surface area contributed by atoms with Crippen LogP contribution in [0.15, 0.2) is 66.7 Å². The standard InChI is InChI=1S/C37H43NO4/c1-3-4-6-18-34(39)42-27-20-19-25-22-26-13-7-5-12-21-37(2,33(25)23-27)35(26)38-36(40)41-24-32-30-16-10-8-14-28(30)29-15-9-11-17-31(29)32/h8-11,14-17,19-20,23,26,32,35H,3-7,12-13,18,21-22,24H2,1-2H3,(H,38,40)/t26-,35-,37+/m0/s1. The summed E-state index contributed by atoms with van der Waals surface area (Å²) in [6.07, 6.45) is 9.48. The van der Waals surface area contributed by atoms with Crippen molar-refractivity contribution < 1.29 is 19.1 Å². The maximum atomic E-state index is 13.5. The first-order valence-corrected chi connectivity index (χ1v) is 15.9. The molecule has 1 saturated carbocycles. The zero-order valence-corrected chi connectivity index (χ0v) is 25.0. The van der Waals surface area contributed by atoms with E-state index in [9.17, 15) is 9.59 Å². The molecule has 1 amide bonds. The van der Waals surface area contributed by atoms with Crippen LogP contribution in [0.3, 0.4) is 0 Å². The molecule has 5 nitrogen and oxygen atoms in total. The summed E-state index contributed by atoms with van der Waals surface area (Å²) in [5.74, 6) is 0.807. The number of amides is 1. The first-order chi connectivity index (χ1) is 20.5. The number of carbonyl (C=O) groups is 2. The highest BCUT2D eigenvalue weighted by Crippen LogP contribution is 2.48. The fourth-order valence-corrected chi connectivity index (χ4v) is 7.80. The first-order valence-electron chi connectivity index (χ1n) is 15.9. The largest absolute Gasteiger partial charge is 0.449 e. The van der Waals surface area contributed by atoms with Crippen LogP contribution in [0.2, 0.25) is 0 Å². The Morgan fingerprint density at radius 1 is 0.929 bits per heavy atom. The quantitative estimate of drug-likeness (QED) is 0.169. The zero-order chi connectivity index (χ0) is 29.1. The van der Waals surface area contributed by atoms with Gasteiger partial charge in [0.05, 0.1) is 0 Å². The Bertz CT molecular complexity index is 1400. The van der Waals surface area contributed by atoms with Crippen LogP contribution in [0.1, 0.15) is 99.8 Å². The number of benzene rings is 3. The average molecular weight is 566 g/mol. The lowest BCUT2D eigenvalue weighted by molar-refractivity contribution is -0.134. The molecule has 6 rings (SSSR count). The minimum absolute atomic E-state index is 0.0332. The second-order valence-corrected chi connectivity index (χ2v) is 12.7. The van der Waals surface area contributed by atoms with E-state index in [1.165, 1.54) is 46.2 Å². The normalized spacial score (nSPS) is 22.6. The van der Waals surface area contributed by atoms with Gasteiger partial charge in [-0.3, -0.25) is 4.79 Å². The molecule has 0 radical (unpaired) electrons. The van der Waals surface area contributed by atoms with E-state index in [-0.39, 0.29) is 29.4 Å². The number of esters is 1. The number of carbonyl (C=O) groups excluding carboxylic acids is 2. The van der Waals surface area contributed by atoms with Crippen molar-refractivity contribution in [1.29, 1.82) is 0 Å². The molecular weight excluding hydrogens is 522 g/mol. The molecule has 42 heavy (non-hydrogen) atoms. The van der Waals surface area contributed by atoms with Gasteiger partial charge in [-0.15, -0.1) is 0 Å². The molecule has 3 aliphatic carbocycles. The molecule has 1 fully saturated rings. The molecule has 1 N–H and O–H groups in total. The van der Waals surface area contributed by atoms with E-state index in [4.69, 9.17) is 9.47 Å². The van der Waals surface area contributed by atoms with E-state index in [1.807, 2.05) is 6.07 Å². The molecule has 3 aromatic rings. The van der Waals surface area contributed by atoms with Crippen LogP contribution in [-0.2, 0) is 21.4 Å². The predicted molar refractivity (Wildman–Crippen MR) is 166 cm³/mol. The van der Waals surface area contributed by atoms with Crippen LogP contribution in [0.25, 0.3) is 11.1 Å². The Labute approximate surface area is 250 Å². The van der Waals surface area contributed by atoms with Crippen molar-refractivity contribution in [3.63, 3.8) is 0 Å². The number of alkyl carbamates (subject to hydrolysis) is 1. The molecule has 0 aliphatic heterocycles. The van der Waals surface area contributed by atoms with Crippen molar-refractivity contribution in [1.82, 2.24) is 5.32 Å². The van der Waals surface area contributed by atoms with Crippen molar-refractivity contribution >= 4 is 12.1 Å². The van der Waals surface area contributed by atoms with E-state index in [0.717, 1.165) is 44.9 Å². The summed E-state index contributed by atoms with van der Waals surface area (Å²) in [5, 5.41) is 3.37. The van der Waals surface area contributed by atoms with E-state index < -0.39 is 0 Å². The fraction of sp³-hybridized carbons (Fsp3) is 0.459. The molecule has 0 heterocycles. The van der Waals surface area contributed by atoms with Crippen molar-refractivity contribution in [2.75, 3.05) is 6.61 Å². The smallest absolute Gasteiger partial charge is 0.407 e. The Balaban J connectivity index is 1.20. The molecule has 2 bridgehead atoms. The predicted octanol–water partition coefficient (Wildman–Crippen LogP) is 8.47. The molecule has 3 aliphatic rings.